The maximum absolute atomic E-state index is 12.4. The molecule has 1 fully saturated rings. The third kappa shape index (κ3) is 10.7. The number of aryl methyl sites for hydroxylation is 1. The molecule has 12 nitrogen and oxygen atoms in total. The quantitative estimate of drug-likeness (QED) is 0.135. The zero-order valence-electron chi connectivity index (χ0n) is 35.5. The Bertz CT molecular complexity index is 2750. The minimum absolute atomic E-state index is 0.0218. The number of para-hydroxylation sites is 5. The number of nitrogens with zero attached hydrogens (tertiary/aromatic N) is 6. The summed E-state index contributed by atoms with van der Waals surface area (Å²) >= 11 is 3.41. The summed E-state index contributed by atoms with van der Waals surface area (Å²) < 4.78 is 14.1. The smallest absolute Gasteiger partial charge is 0.289 e. The predicted octanol–water partition coefficient (Wildman–Crippen LogP) is 9.68. The van der Waals surface area contributed by atoms with Gasteiger partial charge in [-0.1, -0.05) is 94.3 Å². The van der Waals surface area contributed by atoms with Gasteiger partial charge in [-0.05, 0) is 94.0 Å². The summed E-state index contributed by atoms with van der Waals surface area (Å²) in [6.45, 7) is 9.67. The monoisotopic (exact) mass is 894 g/mol. The van der Waals surface area contributed by atoms with Crippen molar-refractivity contribution in [3.05, 3.63) is 161 Å². The van der Waals surface area contributed by atoms with Crippen LogP contribution in [0.5, 0.6) is 5.75 Å². The lowest BCUT2D eigenvalue weighted by molar-refractivity contribution is 0.0632. The number of anilines is 3. The van der Waals surface area contributed by atoms with Crippen LogP contribution in [0.1, 0.15) is 41.4 Å². The number of fused-ring (bicyclic) bond motifs is 2. The van der Waals surface area contributed by atoms with E-state index in [4.69, 9.17) is 14.9 Å². The number of nitrogen functional groups attached to an aromatic ring is 1. The number of furan rings is 1. The van der Waals surface area contributed by atoms with Gasteiger partial charge in [0, 0.05) is 48.1 Å². The Hall–Kier alpha value is -6.54. The second kappa shape index (κ2) is 19.4. The number of carbonyl (C=O) groups is 1. The van der Waals surface area contributed by atoms with Crippen LogP contribution in [0.2, 0.25) is 0 Å². The molecule has 0 saturated carbocycles. The number of piperazine rings is 1. The van der Waals surface area contributed by atoms with Crippen molar-refractivity contribution in [3.63, 3.8) is 0 Å². The third-order valence-electron chi connectivity index (χ3n) is 10.4. The maximum Gasteiger partial charge on any atom is 0.289 e. The van der Waals surface area contributed by atoms with Gasteiger partial charge < -0.3 is 39.7 Å². The molecular weight excluding hydrogens is 844 g/mol. The number of likely N-dealkylation sites (N-methyl/N-ethyl adjacent to an activating group) is 1. The van der Waals surface area contributed by atoms with Gasteiger partial charge >= 0.3 is 0 Å². The number of carbonyl (C=O) groups excluding carboxylic acids is 1. The van der Waals surface area contributed by atoms with E-state index in [9.17, 15) is 9.90 Å². The van der Waals surface area contributed by atoms with Crippen molar-refractivity contribution in [1.29, 1.82) is 0 Å². The van der Waals surface area contributed by atoms with Crippen molar-refractivity contribution in [2.45, 2.75) is 32.9 Å². The maximum atomic E-state index is 12.4. The number of amides is 1. The van der Waals surface area contributed by atoms with Crippen LogP contribution >= 0.6 is 15.9 Å². The van der Waals surface area contributed by atoms with Crippen LogP contribution in [0.3, 0.4) is 0 Å². The third-order valence-corrected chi connectivity index (χ3v) is 10.9. The number of nitrogens with one attached hydrogen (secondary N) is 1. The Morgan fingerprint density at radius 1 is 0.823 bits per heavy atom. The molecule has 318 valence electrons. The molecular formula is C49H51BrN8O4. The molecule has 1 aliphatic rings. The van der Waals surface area contributed by atoms with Gasteiger partial charge in [0.05, 0.1) is 29.3 Å². The Balaban J connectivity index is 0.000000140. The summed E-state index contributed by atoms with van der Waals surface area (Å²) in [7, 11) is 3.69. The van der Waals surface area contributed by atoms with Crippen molar-refractivity contribution >= 4 is 61.2 Å². The van der Waals surface area contributed by atoms with Crippen molar-refractivity contribution in [1.82, 2.24) is 29.3 Å². The van der Waals surface area contributed by atoms with Crippen LogP contribution in [0.4, 0.5) is 17.5 Å². The van der Waals surface area contributed by atoms with Gasteiger partial charge in [0.25, 0.3) is 5.91 Å². The highest BCUT2D eigenvalue weighted by Gasteiger charge is 2.25. The summed E-state index contributed by atoms with van der Waals surface area (Å²) in [5.41, 5.74) is 12.0. The average Bonchev–Trinajstić information content (AvgIpc) is 3.92. The largest absolute Gasteiger partial charge is 0.495 e. The fourth-order valence-corrected chi connectivity index (χ4v) is 7.26. The molecule has 62 heavy (non-hydrogen) atoms. The van der Waals surface area contributed by atoms with E-state index >= 15 is 0 Å². The Kier molecular flexibility index (Phi) is 13.7. The topological polar surface area (TPSA) is 148 Å². The van der Waals surface area contributed by atoms with Crippen LogP contribution in [-0.2, 0) is 12.1 Å². The van der Waals surface area contributed by atoms with Gasteiger partial charge in [0.15, 0.2) is 5.76 Å². The van der Waals surface area contributed by atoms with Crippen molar-refractivity contribution < 1.29 is 19.1 Å². The first-order chi connectivity index (χ1) is 29.9. The molecule has 4 heterocycles. The second-order valence-electron chi connectivity index (χ2n) is 15.6. The highest BCUT2D eigenvalue weighted by molar-refractivity contribution is 9.10. The van der Waals surface area contributed by atoms with E-state index in [1.807, 2.05) is 108 Å². The Morgan fingerprint density at radius 3 is 2.19 bits per heavy atom. The number of ether oxygens (including phenoxy) is 1. The number of nitrogens with two attached hydrogens (primary N) is 1. The van der Waals surface area contributed by atoms with Crippen molar-refractivity contribution in [2.24, 2.45) is 0 Å². The number of rotatable bonds is 8. The minimum atomic E-state index is -0.969. The van der Waals surface area contributed by atoms with E-state index < -0.39 is 5.60 Å². The molecule has 0 bridgehead atoms. The highest BCUT2D eigenvalue weighted by Crippen LogP contribution is 2.29. The van der Waals surface area contributed by atoms with Crippen LogP contribution in [0, 0.1) is 6.92 Å². The van der Waals surface area contributed by atoms with Crippen LogP contribution in [-0.4, -0.2) is 80.7 Å². The van der Waals surface area contributed by atoms with Crippen LogP contribution < -0.4 is 15.8 Å². The van der Waals surface area contributed by atoms with Crippen LogP contribution in [0.15, 0.2) is 142 Å². The Labute approximate surface area is 370 Å². The first-order valence-corrected chi connectivity index (χ1v) is 21.1. The molecule has 0 aliphatic carbocycles. The fourth-order valence-electron chi connectivity index (χ4n) is 6.99. The molecule has 0 spiro atoms. The molecule has 1 saturated heterocycles. The number of imidazole rings is 1. The van der Waals surface area contributed by atoms with E-state index in [0.717, 1.165) is 75.3 Å². The zero-order valence-corrected chi connectivity index (χ0v) is 37.1. The second-order valence-corrected chi connectivity index (χ2v) is 16.5. The molecule has 0 radical (unpaired) electrons. The summed E-state index contributed by atoms with van der Waals surface area (Å²) in [6.07, 6.45) is 0. The first kappa shape index (κ1) is 43.5. The molecule has 5 aromatic carbocycles. The fraction of sp³-hybridized carbons (Fsp3) is 0.224. The summed E-state index contributed by atoms with van der Waals surface area (Å²) in [6, 6.07) is 43.1. The SMILES string of the molecule is CN1CCN(C(=O)c2ccc(-c3ccc(Br)cc3)o2)CC1.COc1ccccc1Nc1nc(N)c2ccccc2n1.Cc1ccc(Cn2c(C(C)(C)O)nc3ccccc32)cc1. The lowest BCUT2D eigenvalue weighted by Gasteiger charge is -2.31. The molecule has 0 atom stereocenters. The van der Waals surface area contributed by atoms with Gasteiger partial charge in [-0.15, -0.1) is 0 Å². The molecule has 0 unspecified atom stereocenters. The van der Waals surface area contributed by atoms with E-state index in [0.29, 0.717) is 29.9 Å². The summed E-state index contributed by atoms with van der Waals surface area (Å²) in [4.78, 5) is 29.8. The number of aliphatic hydroxyl groups is 1. The zero-order chi connectivity index (χ0) is 43.8. The molecule has 1 amide bonds. The standard InChI is InChI=1S/C18H20N2O.C16H17BrN2O2.C15H14N4O/c1-13-8-10-14(11-9-13)12-20-16-7-5-4-6-15(16)19-17(20)18(2,3)21;1-18-8-10-19(11-9-18)16(20)15-7-6-14(21-15)12-2-4-13(17)5-3-12;1-20-13-9-5-4-8-12(13)18-15-17-11-7-3-2-6-10(11)14(16)19-15/h4-11,21H,12H2,1-3H3;2-7H,8-11H2,1H3;2-9H,1H3,(H3,16,17,18,19). The average molecular weight is 896 g/mol. The van der Waals surface area contributed by atoms with Crippen LogP contribution in [0.25, 0.3) is 33.3 Å². The molecule has 8 aromatic rings. The van der Waals surface area contributed by atoms with E-state index in [-0.39, 0.29) is 5.91 Å². The minimum Gasteiger partial charge on any atom is -0.495 e. The Morgan fingerprint density at radius 2 is 1.48 bits per heavy atom. The number of hydrogen-bond acceptors (Lipinski definition) is 10. The molecule has 13 heteroatoms. The van der Waals surface area contributed by atoms with Gasteiger partial charge in [-0.3, -0.25) is 4.79 Å². The van der Waals surface area contributed by atoms with Gasteiger partial charge in [-0.25, -0.2) is 9.97 Å². The van der Waals surface area contributed by atoms with E-state index in [2.05, 4.69) is 83.9 Å². The normalized spacial score (nSPS) is 12.9. The first-order valence-electron chi connectivity index (χ1n) is 20.4. The highest BCUT2D eigenvalue weighted by atomic mass is 79.9. The van der Waals surface area contributed by atoms with E-state index in [1.165, 1.54) is 11.1 Å². The van der Waals surface area contributed by atoms with Crippen molar-refractivity contribution in [3.8, 4) is 17.1 Å². The van der Waals surface area contributed by atoms with Gasteiger partial charge in [-0.2, -0.15) is 4.98 Å². The van der Waals surface area contributed by atoms with E-state index in [1.54, 1.807) is 27.0 Å². The summed E-state index contributed by atoms with van der Waals surface area (Å²) in [5, 5.41) is 14.4. The van der Waals surface area contributed by atoms with Gasteiger partial charge in [0.2, 0.25) is 5.95 Å². The lowest BCUT2D eigenvalue weighted by atomic mass is 10.1. The van der Waals surface area contributed by atoms with Crippen molar-refractivity contribution in [2.75, 3.05) is 51.4 Å². The number of aromatic nitrogens is 4. The molecule has 3 aromatic heterocycles. The molecule has 1 aliphatic heterocycles. The number of benzene rings is 5. The summed E-state index contributed by atoms with van der Waals surface area (Å²) in [5.74, 6) is 3.44. The van der Waals surface area contributed by atoms with Gasteiger partial charge in [0.1, 0.15) is 28.8 Å². The predicted molar refractivity (Wildman–Crippen MR) is 251 cm³/mol. The number of hydrogen-bond donors (Lipinski definition) is 3. The number of methoxy groups -OCH3 is 1. The number of halogens is 1. The lowest BCUT2D eigenvalue weighted by Crippen LogP contribution is -2.47. The molecule has 9 rings (SSSR count). The molecule has 4 N–H and O–H groups in total.